The number of aromatic nitrogens is 1. The summed E-state index contributed by atoms with van der Waals surface area (Å²) in [5.74, 6) is 0. The van der Waals surface area contributed by atoms with Crippen molar-refractivity contribution < 1.29 is 4.74 Å². The second-order valence-corrected chi connectivity index (χ2v) is 6.96. The summed E-state index contributed by atoms with van der Waals surface area (Å²) in [7, 11) is 0. The quantitative estimate of drug-likeness (QED) is 0.354. The average Bonchev–Trinajstić information content (AvgIpc) is 3.09. The van der Waals surface area contributed by atoms with E-state index in [9.17, 15) is 0 Å². The van der Waals surface area contributed by atoms with Crippen LogP contribution in [0.3, 0.4) is 0 Å². The Morgan fingerprint density at radius 2 is 1.36 bits per heavy atom. The van der Waals surface area contributed by atoms with Gasteiger partial charge in [0.1, 0.15) is 0 Å². The molecule has 28 heavy (non-hydrogen) atoms. The Labute approximate surface area is 167 Å². The molecule has 0 radical (unpaired) electrons. The zero-order chi connectivity index (χ0) is 19.2. The van der Waals surface area contributed by atoms with Crippen LogP contribution in [-0.2, 0) is 17.8 Å². The number of para-hydroxylation sites is 1. The molecule has 4 rings (SSSR count). The highest BCUT2D eigenvalue weighted by atomic mass is 16.5. The van der Waals surface area contributed by atoms with Crippen LogP contribution in [0, 0.1) is 6.92 Å². The van der Waals surface area contributed by atoms with Crippen LogP contribution in [0.1, 0.15) is 17.0 Å². The van der Waals surface area contributed by atoms with Crippen molar-refractivity contribution in [2.24, 2.45) is 0 Å². The van der Waals surface area contributed by atoms with Gasteiger partial charge in [-0.15, -0.1) is 0 Å². The third-order valence-electron chi connectivity index (χ3n) is 5.04. The highest BCUT2D eigenvalue weighted by molar-refractivity contribution is 5.68. The van der Waals surface area contributed by atoms with Gasteiger partial charge in [0.2, 0.25) is 0 Å². The molecule has 1 heterocycles. The maximum atomic E-state index is 5.96. The molecule has 0 saturated carbocycles. The standard InChI is InChI=1S/C26H25NO/c1-21-26(23-13-7-3-8-14-23)19-25(27(21)24-15-9-4-10-16-24)17-18-28-20-22-11-5-2-6-12-22/h2-16,19H,17-18,20H2,1H3. The molecular weight excluding hydrogens is 342 g/mol. The van der Waals surface area contributed by atoms with E-state index in [1.807, 2.05) is 6.07 Å². The Balaban J connectivity index is 1.58. The van der Waals surface area contributed by atoms with Crippen LogP contribution >= 0.6 is 0 Å². The molecule has 3 aromatic carbocycles. The zero-order valence-electron chi connectivity index (χ0n) is 16.2. The molecule has 2 nitrogen and oxygen atoms in total. The molecule has 0 spiro atoms. The van der Waals surface area contributed by atoms with Crippen molar-refractivity contribution in [2.45, 2.75) is 20.0 Å². The van der Waals surface area contributed by atoms with Gasteiger partial charge in [-0.2, -0.15) is 0 Å². The lowest BCUT2D eigenvalue weighted by molar-refractivity contribution is 0.123. The van der Waals surface area contributed by atoms with Crippen molar-refractivity contribution in [3.8, 4) is 16.8 Å². The summed E-state index contributed by atoms with van der Waals surface area (Å²) >= 11 is 0. The van der Waals surface area contributed by atoms with Crippen LogP contribution < -0.4 is 0 Å². The molecule has 2 heteroatoms. The average molecular weight is 367 g/mol. The molecule has 4 aromatic rings. The maximum absolute atomic E-state index is 5.96. The molecule has 140 valence electrons. The monoisotopic (exact) mass is 367 g/mol. The predicted octanol–water partition coefficient (Wildman–Crippen LogP) is 6.21. The lowest BCUT2D eigenvalue weighted by atomic mass is 10.1. The number of ether oxygens (including phenoxy) is 1. The first-order chi connectivity index (χ1) is 13.8. The van der Waals surface area contributed by atoms with Crippen LogP contribution in [0.4, 0.5) is 0 Å². The van der Waals surface area contributed by atoms with Gasteiger partial charge >= 0.3 is 0 Å². The molecule has 0 amide bonds. The first-order valence-electron chi connectivity index (χ1n) is 9.76. The molecular formula is C26H25NO. The summed E-state index contributed by atoms with van der Waals surface area (Å²) in [4.78, 5) is 0. The Hall–Kier alpha value is -3.10. The van der Waals surface area contributed by atoms with Crippen molar-refractivity contribution in [3.05, 3.63) is 114 Å². The van der Waals surface area contributed by atoms with Crippen LogP contribution in [0.5, 0.6) is 0 Å². The maximum Gasteiger partial charge on any atom is 0.0717 e. The van der Waals surface area contributed by atoms with Crippen LogP contribution in [0.2, 0.25) is 0 Å². The fourth-order valence-corrected chi connectivity index (χ4v) is 3.64. The number of hydrogen-bond acceptors (Lipinski definition) is 1. The normalized spacial score (nSPS) is 10.9. The summed E-state index contributed by atoms with van der Waals surface area (Å²) in [6.07, 6.45) is 0.870. The molecule has 0 aliphatic rings. The number of hydrogen-bond donors (Lipinski definition) is 0. The predicted molar refractivity (Wildman–Crippen MR) is 116 cm³/mol. The molecule has 0 fully saturated rings. The van der Waals surface area contributed by atoms with E-state index in [2.05, 4.69) is 102 Å². The van der Waals surface area contributed by atoms with E-state index < -0.39 is 0 Å². The second-order valence-electron chi connectivity index (χ2n) is 6.96. The van der Waals surface area contributed by atoms with Gasteiger partial charge in [0.25, 0.3) is 0 Å². The Kier molecular flexibility index (Phi) is 5.69. The SMILES string of the molecule is Cc1c(-c2ccccc2)cc(CCOCc2ccccc2)n1-c1ccccc1. The van der Waals surface area contributed by atoms with E-state index in [1.165, 1.54) is 33.8 Å². The molecule has 0 aliphatic carbocycles. The summed E-state index contributed by atoms with van der Waals surface area (Å²) < 4.78 is 8.31. The van der Waals surface area contributed by atoms with Gasteiger partial charge in [-0.1, -0.05) is 78.9 Å². The summed E-state index contributed by atoms with van der Waals surface area (Å²) in [5, 5.41) is 0. The largest absolute Gasteiger partial charge is 0.376 e. The van der Waals surface area contributed by atoms with E-state index in [4.69, 9.17) is 4.74 Å². The van der Waals surface area contributed by atoms with Gasteiger partial charge in [-0.3, -0.25) is 0 Å². The van der Waals surface area contributed by atoms with Crippen molar-refractivity contribution in [2.75, 3.05) is 6.61 Å². The molecule has 0 atom stereocenters. The van der Waals surface area contributed by atoms with Gasteiger partial charge in [-0.05, 0) is 36.2 Å². The smallest absolute Gasteiger partial charge is 0.0717 e. The second kappa shape index (κ2) is 8.73. The minimum Gasteiger partial charge on any atom is -0.376 e. The lowest BCUT2D eigenvalue weighted by Crippen LogP contribution is -2.06. The summed E-state index contributed by atoms with van der Waals surface area (Å²) in [6, 6.07) is 33.8. The van der Waals surface area contributed by atoms with Crippen molar-refractivity contribution in [3.63, 3.8) is 0 Å². The minimum absolute atomic E-state index is 0.650. The van der Waals surface area contributed by atoms with E-state index in [0.29, 0.717) is 13.2 Å². The number of rotatable bonds is 7. The van der Waals surface area contributed by atoms with Crippen molar-refractivity contribution in [1.29, 1.82) is 0 Å². The van der Waals surface area contributed by atoms with E-state index in [-0.39, 0.29) is 0 Å². The van der Waals surface area contributed by atoms with Crippen LogP contribution in [0.25, 0.3) is 16.8 Å². The third kappa shape index (κ3) is 4.08. The van der Waals surface area contributed by atoms with Gasteiger partial charge < -0.3 is 9.30 Å². The molecule has 1 aromatic heterocycles. The molecule has 0 bridgehead atoms. The van der Waals surface area contributed by atoms with E-state index >= 15 is 0 Å². The topological polar surface area (TPSA) is 14.2 Å². The molecule has 0 aliphatic heterocycles. The minimum atomic E-state index is 0.650. The fraction of sp³-hybridized carbons (Fsp3) is 0.154. The summed E-state index contributed by atoms with van der Waals surface area (Å²) in [5.41, 5.74) is 7.47. The van der Waals surface area contributed by atoms with Gasteiger partial charge in [-0.25, -0.2) is 0 Å². The van der Waals surface area contributed by atoms with E-state index in [0.717, 1.165) is 6.42 Å². The van der Waals surface area contributed by atoms with Gasteiger partial charge in [0, 0.05) is 29.1 Å². The lowest BCUT2D eigenvalue weighted by Gasteiger charge is -2.12. The molecule has 0 unspecified atom stereocenters. The summed E-state index contributed by atoms with van der Waals surface area (Å²) in [6.45, 7) is 3.54. The molecule has 0 saturated heterocycles. The van der Waals surface area contributed by atoms with Gasteiger partial charge in [0.15, 0.2) is 0 Å². The Morgan fingerprint density at radius 3 is 2.04 bits per heavy atom. The first-order valence-corrected chi connectivity index (χ1v) is 9.76. The molecule has 0 N–H and O–H groups in total. The van der Waals surface area contributed by atoms with Crippen molar-refractivity contribution in [1.82, 2.24) is 4.57 Å². The van der Waals surface area contributed by atoms with Crippen LogP contribution in [-0.4, -0.2) is 11.2 Å². The Morgan fingerprint density at radius 1 is 0.750 bits per heavy atom. The first kappa shape index (κ1) is 18.3. The Bertz CT molecular complexity index is 1000. The fourth-order valence-electron chi connectivity index (χ4n) is 3.64. The van der Waals surface area contributed by atoms with Gasteiger partial charge in [0.05, 0.1) is 13.2 Å². The number of benzene rings is 3. The zero-order valence-corrected chi connectivity index (χ0v) is 16.2. The third-order valence-corrected chi connectivity index (χ3v) is 5.04. The highest BCUT2D eigenvalue weighted by Gasteiger charge is 2.14. The highest BCUT2D eigenvalue weighted by Crippen LogP contribution is 2.30. The van der Waals surface area contributed by atoms with Crippen LogP contribution in [0.15, 0.2) is 97.1 Å². The number of nitrogens with zero attached hydrogens (tertiary/aromatic N) is 1. The van der Waals surface area contributed by atoms with E-state index in [1.54, 1.807) is 0 Å². The van der Waals surface area contributed by atoms with Crippen molar-refractivity contribution >= 4 is 0 Å².